The highest BCUT2D eigenvalue weighted by molar-refractivity contribution is 7.09. The van der Waals surface area contributed by atoms with Crippen molar-refractivity contribution in [3.63, 3.8) is 0 Å². The molecule has 0 amide bonds. The molecule has 2 aromatic heterocycles. The lowest BCUT2D eigenvalue weighted by molar-refractivity contribution is 0.137. The van der Waals surface area contributed by atoms with E-state index in [-0.39, 0.29) is 0 Å². The van der Waals surface area contributed by atoms with E-state index in [1.807, 2.05) is 6.20 Å². The van der Waals surface area contributed by atoms with Crippen LogP contribution in [-0.2, 0) is 19.5 Å². The van der Waals surface area contributed by atoms with Gasteiger partial charge in [0, 0.05) is 24.0 Å². The van der Waals surface area contributed by atoms with E-state index in [1.54, 1.807) is 11.3 Å². The van der Waals surface area contributed by atoms with Crippen LogP contribution in [0.1, 0.15) is 42.8 Å². The minimum absolute atomic E-state index is 0.554. The summed E-state index contributed by atoms with van der Waals surface area (Å²) in [5.41, 5.74) is 0.554. The van der Waals surface area contributed by atoms with E-state index in [9.17, 15) is 0 Å². The van der Waals surface area contributed by atoms with Gasteiger partial charge in [-0.2, -0.15) is 5.10 Å². The molecule has 1 aliphatic carbocycles. The van der Waals surface area contributed by atoms with Gasteiger partial charge in [-0.25, -0.2) is 9.97 Å². The number of aromatic nitrogens is 4. The molecule has 1 saturated carbocycles. The Morgan fingerprint density at radius 3 is 2.92 bits per heavy atom. The van der Waals surface area contributed by atoms with Crippen LogP contribution in [0.4, 0.5) is 0 Å². The van der Waals surface area contributed by atoms with Crippen LogP contribution < -0.4 is 0 Å². The molecule has 0 bridgehead atoms. The molecule has 3 heterocycles. The van der Waals surface area contributed by atoms with Gasteiger partial charge in [-0.05, 0) is 44.8 Å². The zero-order valence-corrected chi connectivity index (χ0v) is 15.3. The average Bonchev–Trinajstić information content (AvgIpc) is 2.97. The summed E-state index contributed by atoms with van der Waals surface area (Å²) >= 11 is 1.76. The first kappa shape index (κ1) is 16.2. The minimum atomic E-state index is 0.554. The zero-order chi connectivity index (χ0) is 16.6. The van der Waals surface area contributed by atoms with Crippen molar-refractivity contribution in [2.45, 2.75) is 51.7 Å². The number of hydrogen-bond donors (Lipinski definition) is 1. The molecule has 6 nitrogen and oxygen atoms in total. The minimum Gasteiger partial charge on any atom is -0.296 e. The van der Waals surface area contributed by atoms with E-state index < -0.39 is 0 Å². The Morgan fingerprint density at radius 1 is 1.42 bits per heavy atom. The van der Waals surface area contributed by atoms with Gasteiger partial charge in [0.05, 0.1) is 13.1 Å². The molecular formula is C17H26N6S. The molecule has 0 radical (unpaired) electrons. The van der Waals surface area contributed by atoms with Crippen LogP contribution in [0.15, 0.2) is 11.6 Å². The summed E-state index contributed by atoms with van der Waals surface area (Å²) in [7, 11) is 2.26. The molecule has 24 heavy (non-hydrogen) atoms. The molecule has 2 aliphatic rings. The van der Waals surface area contributed by atoms with Gasteiger partial charge in [0.2, 0.25) is 0 Å². The first-order chi connectivity index (χ1) is 11.7. The fraction of sp³-hybridized carbons (Fsp3) is 0.706. The Bertz CT molecular complexity index is 658. The standard InChI is InChI=1S/C17H26N6S/c1-3-14-19-15(21-20-14)11-23-7-4-17(5-8-23)10-13(17)22(2)12-16-18-6-9-24-16/h6,9,13H,3-5,7-8,10-12H2,1-2H3,(H,19,20,21). The van der Waals surface area contributed by atoms with Gasteiger partial charge >= 0.3 is 0 Å². The lowest BCUT2D eigenvalue weighted by Crippen LogP contribution is -2.37. The van der Waals surface area contributed by atoms with Crippen LogP contribution in [0.25, 0.3) is 0 Å². The highest BCUT2D eigenvalue weighted by atomic mass is 32.1. The number of likely N-dealkylation sites (tertiary alicyclic amines) is 1. The Kier molecular flexibility index (Phi) is 4.40. The number of hydrogen-bond acceptors (Lipinski definition) is 6. The second-order valence-corrected chi connectivity index (χ2v) is 8.23. The summed E-state index contributed by atoms with van der Waals surface area (Å²) in [6.07, 6.45) is 6.75. The molecule has 1 saturated heterocycles. The van der Waals surface area contributed by atoms with E-state index in [0.717, 1.165) is 37.2 Å². The monoisotopic (exact) mass is 346 g/mol. The van der Waals surface area contributed by atoms with Gasteiger partial charge in [0.1, 0.15) is 16.7 Å². The number of thiazole rings is 1. The topological polar surface area (TPSA) is 60.9 Å². The van der Waals surface area contributed by atoms with Gasteiger partial charge < -0.3 is 0 Å². The molecule has 0 aromatic carbocycles. The quantitative estimate of drug-likeness (QED) is 0.870. The Labute approximate surface area is 147 Å². The number of aromatic amines is 1. The van der Waals surface area contributed by atoms with Crippen molar-refractivity contribution >= 4 is 11.3 Å². The predicted octanol–water partition coefficient (Wildman–Crippen LogP) is 2.31. The molecule has 1 atom stereocenters. The van der Waals surface area contributed by atoms with Crippen LogP contribution in [0.3, 0.4) is 0 Å². The highest BCUT2D eigenvalue weighted by Crippen LogP contribution is 2.56. The summed E-state index contributed by atoms with van der Waals surface area (Å²) in [6.45, 7) is 6.33. The van der Waals surface area contributed by atoms with E-state index in [2.05, 4.69) is 49.3 Å². The van der Waals surface area contributed by atoms with Crippen LogP contribution in [0, 0.1) is 5.41 Å². The predicted molar refractivity (Wildman–Crippen MR) is 94.7 cm³/mol. The second kappa shape index (κ2) is 6.54. The molecule has 1 unspecified atom stereocenters. The van der Waals surface area contributed by atoms with Crippen LogP contribution in [-0.4, -0.2) is 56.1 Å². The molecule has 7 heteroatoms. The van der Waals surface area contributed by atoms with Crippen molar-refractivity contribution in [2.24, 2.45) is 5.41 Å². The maximum atomic E-state index is 4.54. The Morgan fingerprint density at radius 2 is 2.25 bits per heavy atom. The largest absolute Gasteiger partial charge is 0.296 e. The second-order valence-electron chi connectivity index (χ2n) is 7.25. The van der Waals surface area contributed by atoms with Gasteiger partial charge in [0.25, 0.3) is 0 Å². The molecular weight excluding hydrogens is 320 g/mol. The van der Waals surface area contributed by atoms with Crippen LogP contribution in [0.5, 0.6) is 0 Å². The van der Waals surface area contributed by atoms with Crippen LogP contribution >= 0.6 is 11.3 Å². The molecule has 2 fully saturated rings. The Hall–Kier alpha value is -1.31. The third-order valence-electron chi connectivity index (χ3n) is 5.67. The zero-order valence-electron chi connectivity index (χ0n) is 14.5. The van der Waals surface area contributed by atoms with E-state index in [4.69, 9.17) is 0 Å². The third-order valence-corrected chi connectivity index (χ3v) is 6.43. The number of piperidine rings is 1. The first-order valence-corrected chi connectivity index (χ1v) is 9.77. The summed E-state index contributed by atoms with van der Waals surface area (Å²) in [5, 5.41) is 10.6. The summed E-state index contributed by atoms with van der Waals surface area (Å²) < 4.78 is 0. The number of nitrogens with zero attached hydrogens (tertiary/aromatic N) is 5. The van der Waals surface area contributed by atoms with Crippen molar-refractivity contribution < 1.29 is 0 Å². The number of aryl methyl sites for hydroxylation is 1. The molecule has 1 N–H and O–H groups in total. The summed E-state index contributed by atoms with van der Waals surface area (Å²) in [5.74, 6) is 1.93. The van der Waals surface area contributed by atoms with Crippen molar-refractivity contribution in [3.8, 4) is 0 Å². The normalized spacial score (nSPS) is 23.2. The maximum Gasteiger partial charge on any atom is 0.150 e. The summed E-state index contributed by atoms with van der Waals surface area (Å²) in [4.78, 5) is 14.0. The lowest BCUT2D eigenvalue weighted by Gasteiger charge is -2.33. The fourth-order valence-corrected chi connectivity index (χ4v) is 4.75. The smallest absolute Gasteiger partial charge is 0.150 e. The van der Waals surface area contributed by atoms with Gasteiger partial charge in [-0.15, -0.1) is 11.3 Å². The van der Waals surface area contributed by atoms with Gasteiger partial charge in [-0.1, -0.05) is 6.92 Å². The van der Waals surface area contributed by atoms with Crippen LogP contribution in [0.2, 0.25) is 0 Å². The van der Waals surface area contributed by atoms with E-state index in [1.165, 1.54) is 37.4 Å². The average molecular weight is 347 g/mol. The molecule has 2 aromatic rings. The highest BCUT2D eigenvalue weighted by Gasteiger charge is 2.56. The van der Waals surface area contributed by atoms with Crippen molar-refractivity contribution in [3.05, 3.63) is 28.2 Å². The molecule has 1 aliphatic heterocycles. The maximum absolute atomic E-state index is 4.54. The molecule has 130 valence electrons. The number of H-pyrrole nitrogens is 1. The Balaban J connectivity index is 1.27. The molecule has 1 spiro atoms. The van der Waals surface area contributed by atoms with E-state index >= 15 is 0 Å². The van der Waals surface area contributed by atoms with Gasteiger partial charge in [-0.3, -0.25) is 14.9 Å². The number of nitrogens with one attached hydrogen (secondary N) is 1. The third kappa shape index (κ3) is 3.25. The molecule has 4 rings (SSSR count). The van der Waals surface area contributed by atoms with E-state index in [0.29, 0.717) is 5.41 Å². The first-order valence-electron chi connectivity index (χ1n) is 8.90. The fourth-order valence-electron chi connectivity index (χ4n) is 4.07. The van der Waals surface area contributed by atoms with Crippen molar-refractivity contribution in [2.75, 3.05) is 20.1 Å². The number of rotatable bonds is 6. The lowest BCUT2D eigenvalue weighted by atomic mass is 9.92. The summed E-state index contributed by atoms with van der Waals surface area (Å²) in [6, 6.07) is 0.737. The van der Waals surface area contributed by atoms with Crippen molar-refractivity contribution in [1.82, 2.24) is 30.0 Å². The van der Waals surface area contributed by atoms with Gasteiger partial charge in [0.15, 0.2) is 0 Å². The SMILES string of the molecule is CCc1n[nH]c(CN2CCC3(CC2)CC3N(C)Cc2nccs2)n1. The van der Waals surface area contributed by atoms with Crippen molar-refractivity contribution in [1.29, 1.82) is 0 Å².